The van der Waals surface area contributed by atoms with Crippen molar-refractivity contribution in [3.8, 4) is 0 Å². The summed E-state index contributed by atoms with van der Waals surface area (Å²) in [6.45, 7) is 0. The third kappa shape index (κ3) is 2.80. The second-order valence-electron chi connectivity index (χ2n) is 3.61. The topological polar surface area (TPSA) is 38.0 Å². The fourth-order valence-electron chi connectivity index (χ4n) is 1.44. The van der Waals surface area contributed by atoms with E-state index in [2.05, 4.69) is 5.32 Å². The fourth-order valence-corrected chi connectivity index (χ4v) is 2.20. The van der Waals surface area contributed by atoms with E-state index in [0.29, 0.717) is 32.1 Å². The third-order valence-corrected chi connectivity index (χ3v) is 3.18. The molecule has 6 heteroatoms. The van der Waals surface area contributed by atoms with Crippen LogP contribution in [0.4, 0.5) is 21.5 Å². The van der Waals surface area contributed by atoms with Crippen LogP contribution in [0.3, 0.4) is 0 Å². The minimum atomic E-state index is -0.412. The van der Waals surface area contributed by atoms with Gasteiger partial charge in [0.25, 0.3) is 0 Å². The molecule has 0 saturated carbocycles. The van der Waals surface area contributed by atoms with E-state index in [4.69, 9.17) is 40.5 Å². The maximum Gasteiger partial charge on any atom is 0.125 e. The van der Waals surface area contributed by atoms with Gasteiger partial charge in [0.2, 0.25) is 0 Å². The van der Waals surface area contributed by atoms with Crippen molar-refractivity contribution in [1.82, 2.24) is 0 Å². The minimum Gasteiger partial charge on any atom is -0.399 e. The van der Waals surface area contributed by atoms with Crippen LogP contribution in [-0.2, 0) is 0 Å². The Labute approximate surface area is 118 Å². The molecule has 0 aliphatic carbocycles. The van der Waals surface area contributed by atoms with E-state index in [1.165, 1.54) is 18.2 Å². The Morgan fingerprint density at radius 1 is 0.944 bits per heavy atom. The van der Waals surface area contributed by atoms with Crippen molar-refractivity contribution in [2.24, 2.45) is 0 Å². The van der Waals surface area contributed by atoms with Crippen molar-refractivity contribution < 1.29 is 4.39 Å². The first kappa shape index (κ1) is 13.3. The van der Waals surface area contributed by atoms with E-state index in [1.54, 1.807) is 12.1 Å². The first-order valence-electron chi connectivity index (χ1n) is 4.94. The quantitative estimate of drug-likeness (QED) is 0.756. The highest BCUT2D eigenvalue weighted by Gasteiger charge is 2.10. The number of halogens is 4. The molecule has 0 radical (unpaired) electrons. The maximum absolute atomic E-state index is 13.1. The Morgan fingerprint density at radius 3 is 2.17 bits per heavy atom. The lowest BCUT2D eigenvalue weighted by Crippen LogP contribution is -1.95. The number of hydrogen-bond donors (Lipinski definition) is 2. The zero-order valence-corrected chi connectivity index (χ0v) is 11.2. The highest BCUT2D eigenvalue weighted by Crippen LogP contribution is 2.36. The molecule has 0 fully saturated rings. The normalized spacial score (nSPS) is 10.4. The van der Waals surface area contributed by atoms with Crippen molar-refractivity contribution in [2.75, 3.05) is 11.1 Å². The molecule has 0 aromatic heterocycles. The molecule has 3 N–H and O–H groups in total. The molecule has 0 atom stereocenters. The third-order valence-electron chi connectivity index (χ3n) is 2.25. The lowest BCUT2D eigenvalue weighted by atomic mass is 10.2. The van der Waals surface area contributed by atoms with Gasteiger partial charge >= 0.3 is 0 Å². The van der Waals surface area contributed by atoms with Gasteiger partial charge < -0.3 is 11.1 Å². The summed E-state index contributed by atoms with van der Waals surface area (Å²) in [5.74, 6) is -0.412. The zero-order chi connectivity index (χ0) is 13.3. The van der Waals surface area contributed by atoms with Gasteiger partial charge in [0.1, 0.15) is 5.82 Å². The van der Waals surface area contributed by atoms with Gasteiger partial charge in [-0.05, 0) is 30.3 Å². The van der Waals surface area contributed by atoms with Crippen LogP contribution < -0.4 is 11.1 Å². The predicted molar refractivity (Wildman–Crippen MR) is 75.6 cm³/mol. The Balaban J connectivity index is 2.43. The molecule has 0 amide bonds. The molecule has 2 rings (SSSR count). The first-order chi connectivity index (χ1) is 8.47. The molecular weight excluding hydrogens is 298 g/mol. The number of benzene rings is 2. The number of nitrogen functional groups attached to an aromatic ring is 1. The Morgan fingerprint density at radius 2 is 1.56 bits per heavy atom. The van der Waals surface area contributed by atoms with E-state index < -0.39 is 5.82 Å². The van der Waals surface area contributed by atoms with E-state index in [-0.39, 0.29) is 0 Å². The van der Waals surface area contributed by atoms with Gasteiger partial charge in [0, 0.05) is 5.69 Å². The summed E-state index contributed by atoms with van der Waals surface area (Å²) in [6.07, 6.45) is 0. The highest BCUT2D eigenvalue weighted by atomic mass is 35.5. The minimum absolute atomic E-state index is 0.334. The summed E-state index contributed by atoms with van der Waals surface area (Å²) < 4.78 is 13.1. The van der Waals surface area contributed by atoms with Crippen LogP contribution in [0.1, 0.15) is 0 Å². The van der Waals surface area contributed by atoms with Crippen LogP contribution >= 0.6 is 34.8 Å². The summed E-state index contributed by atoms with van der Waals surface area (Å²) in [5.41, 5.74) is 6.85. The van der Waals surface area contributed by atoms with Gasteiger partial charge in [-0.3, -0.25) is 0 Å². The van der Waals surface area contributed by atoms with Gasteiger partial charge in [0.15, 0.2) is 0 Å². The number of rotatable bonds is 2. The lowest BCUT2D eigenvalue weighted by Gasteiger charge is -2.12. The standard InChI is InChI=1S/C12H8Cl3FN2/c13-8-2-1-6(16)3-11(8)18-12-9(14)4-7(17)5-10(12)15/h1-5,18H,17H2. The summed E-state index contributed by atoms with van der Waals surface area (Å²) in [6, 6.07) is 7.05. The van der Waals surface area contributed by atoms with Crippen molar-refractivity contribution in [1.29, 1.82) is 0 Å². The van der Waals surface area contributed by atoms with Crippen molar-refractivity contribution in [3.63, 3.8) is 0 Å². The van der Waals surface area contributed by atoms with Crippen LogP contribution in [0, 0.1) is 5.82 Å². The van der Waals surface area contributed by atoms with Crippen molar-refractivity contribution >= 4 is 51.9 Å². The average Bonchev–Trinajstić information content (AvgIpc) is 2.28. The number of anilines is 3. The molecule has 0 aliphatic rings. The molecule has 0 heterocycles. The largest absolute Gasteiger partial charge is 0.399 e. The molecule has 0 unspecified atom stereocenters. The van der Waals surface area contributed by atoms with E-state index in [0.717, 1.165) is 0 Å². The van der Waals surface area contributed by atoms with Crippen LogP contribution in [0.2, 0.25) is 15.1 Å². The fraction of sp³-hybridized carbons (Fsp3) is 0. The van der Waals surface area contributed by atoms with Crippen LogP contribution in [0.5, 0.6) is 0 Å². The van der Waals surface area contributed by atoms with Crippen LogP contribution in [-0.4, -0.2) is 0 Å². The smallest absolute Gasteiger partial charge is 0.125 e. The SMILES string of the molecule is Nc1cc(Cl)c(Nc2cc(F)ccc2Cl)c(Cl)c1. The molecule has 0 saturated heterocycles. The van der Waals surface area contributed by atoms with Gasteiger partial charge in [0.05, 0.1) is 26.4 Å². The zero-order valence-electron chi connectivity index (χ0n) is 8.98. The summed E-state index contributed by atoms with van der Waals surface area (Å²) in [4.78, 5) is 0. The monoisotopic (exact) mass is 304 g/mol. The second kappa shape index (κ2) is 5.22. The number of nitrogens with one attached hydrogen (secondary N) is 1. The lowest BCUT2D eigenvalue weighted by molar-refractivity contribution is 0.628. The highest BCUT2D eigenvalue weighted by molar-refractivity contribution is 6.40. The molecule has 94 valence electrons. The molecular formula is C12H8Cl3FN2. The molecule has 0 bridgehead atoms. The Hall–Kier alpha value is -1.16. The summed E-state index contributed by atoms with van der Waals surface area (Å²) >= 11 is 18.0. The van der Waals surface area contributed by atoms with E-state index in [1.807, 2.05) is 0 Å². The molecule has 18 heavy (non-hydrogen) atoms. The number of nitrogens with two attached hydrogens (primary N) is 1. The maximum atomic E-state index is 13.1. The second-order valence-corrected chi connectivity index (χ2v) is 4.83. The molecule has 0 aliphatic heterocycles. The molecule has 2 nitrogen and oxygen atoms in total. The molecule has 2 aromatic rings. The van der Waals surface area contributed by atoms with Gasteiger partial charge in [-0.1, -0.05) is 34.8 Å². The van der Waals surface area contributed by atoms with Crippen molar-refractivity contribution in [2.45, 2.75) is 0 Å². The van der Waals surface area contributed by atoms with Crippen molar-refractivity contribution in [3.05, 3.63) is 51.2 Å². The van der Waals surface area contributed by atoms with Gasteiger partial charge in [-0.15, -0.1) is 0 Å². The summed E-state index contributed by atoms with van der Waals surface area (Å²) in [7, 11) is 0. The van der Waals surface area contributed by atoms with Crippen LogP contribution in [0.25, 0.3) is 0 Å². The summed E-state index contributed by atoms with van der Waals surface area (Å²) in [5, 5.41) is 3.91. The van der Waals surface area contributed by atoms with E-state index in [9.17, 15) is 4.39 Å². The Bertz CT molecular complexity index is 579. The predicted octanol–water partition coefficient (Wildman–Crippen LogP) is 5.11. The van der Waals surface area contributed by atoms with Crippen LogP contribution in [0.15, 0.2) is 30.3 Å². The first-order valence-corrected chi connectivity index (χ1v) is 6.07. The van der Waals surface area contributed by atoms with E-state index >= 15 is 0 Å². The number of hydrogen-bond acceptors (Lipinski definition) is 2. The molecule has 2 aromatic carbocycles. The average molecular weight is 306 g/mol. The van der Waals surface area contributed by atoms with Gasteiger partial charge in [-0.25, -0.2) is 4.39 Å². The molecule has 0 spiro atoms. The van der Waals surface area contributed by atoms with Gasteiger partial charge in [-0.2, -0.15) is 0 Å². The Kier molecular flexibility index (Phi) is 3.85.